The second kappa shape index (κ2) is 6.22. The van der Waals surface area contributed by atoms with Gasteiger partial charge in [0.1, 0.15) is 4.34 Å². The minimum atomic E-state index is 0.167. The van der Waals surface area contributed by atoms with E-state index in [-0.39, 0.29) is 4.83 Å². The summed E-state index contributed by atoms with van der Waals surface area (Å²) in [5.74, 6) is 0. The molecule has 90 valence electrons. The smallest absolute Gasteiger partial charge is 0.107 e. The quantitative estimate of drug-likeness (QED) is 0.269. The van der Waals surface area contributed by atoms with E-state index in [1.807, 2.05) is 6.07 Å². The average molecular weight is 571 g/mol. The minimum Gasteiger partial charge on any atom is -0.126 e. The number of hydrogen-bond donors (Lipinski definition) is 0. The molecule has 1 unspecified atom stereocenters. The Labute approximate surface area is 148 Å². The molecule has 0 aliphatic rings. The second-order valence-electron chi connectivity index (χ2n) is 3.30. The van der Waals surface area contributed by atoms with Crippen molar-refractivity contribution in [1.82, 2.24) is 0 Å². The summed E-state index contributed by atoms with van der Waals surface area (Å²) < 4.78 is 4.05. The molecule has 0 aliphatic heterocycles. The summed E-state index contributed by atoms with van der Waals surface area (Å²) in [7, 11) is 0. The van der Waals surface area contributed by atoms with E-state index in [1.165, 1.54) is 14.0 Å². The van der Waals surface area contributed by atoms with E-state index < -0.39 is 0 Å². The van der Waals surface area contributed by atoms with Crippen LogP contribution in [0, 0.1) is 3.57 Å². The standard InChI is InChI=1S/C11H5Br3ClIS/c12-5-1-2-8(16)6(3-5)10(14)9-4-7(13)11(15)17-9/h1-4,10H. The van der Waals surface area contributed by atoms with Crippen LogP contribution in [-0.2, 0) is 0 Å². The monoisotopic (exact) mass is 568 g/mol. The van der Waals surface area contributed by atoms with Gasteiger partial charge in [-0.25, -0.2) is 0 Å². The zero-order valence-electron chi connectivity index (χ0n) is 8.18. The highest BCUT2D eigenvalue weighted by molar-refractivity contribution is 14.1. The lowest BCUT2D eigenvalue weighted by Gasteiger charge is -2.10. The summed E-state index contributed by atoms with van der Waals surface area (Å²) in [6, 6.07) is 8.33. The van der Waals surface area contributed by atoms with Gasteiger partial charge in [-0.1, -0.05) is 43.5 Å². The molecular formula is C11H5Br3ClIS. The van der Waals surface area contributed by atoms with E-state index in [9.17, 15) is 0 Å². The van der Waals surface area contributed by atoms with Crippen molar-refractivity contribution >= 4 is 93.3 Å². The van der Waals surface area contributed by atoms with Gasteiger partial charge < -0.3 is 0 Å². The average Bonchev–Trinajstić information content (AvgIpc) is 2.62. The summed E-state index contributed by atoms with van der Waals surface area (Å²) in [6.07, 6.45) is 0. The Hall–Kier alpha value is 1.38. The number of alkyl halides is 1. The lowest BCUT2D eigenvalue weighted by Crippen LogP contribution is -1.93. The second-order valence-corrected chi connectivity index (χ2v) is 8.83. The molecule has 6 heteroatoms. The Bertz CT molecular complexity index is 536. The van der Waals surface area contributed by atoms with Crippen molar-refractivity contribution in [1.29, 1.82) is 0 Å². The van der Waals surface area contributed by atoms with Gasteiger partial charge in [-0.05, 0) is 68.3 Å². The van der Waals surface area contributed by atoms with E-state index in [1.54, 1.807) is 11.3 Å². The van der Waals surface area contributed by atoms with Crippen LogP contribution in [0.25, 0.3) is 0 Å². The molecule has 2 aromatic rings. The van der Waals surface area contributed by atoms with Crippen LogP contribution in [0.4, 0.5) is 0 Å². The number of benzene rings is 1. The zero-order chi connectivity index (χ0) is 12.6. The Morgan fingerprint density at radius 3 is 2.53 bits per heavy atom. The number of rotatable bonds is 2. The van der Waals surface area contributed by atoms with E-state index in [2.05, 4.69) is 88.6 Å². The van der Waals surface area contributed by atoms with Crippen molar-refractivity contribution in [3.63, 3.8) is 0 Å². The van der Waals surface area contributed by atoms with E-state index in [4.69, 9.17) is 11.6 Å². The highest BCUT2D eigenvalue weighted by Gasteiger charge is 2.17. The van der Waals surface area contributed by atoms with Crippen LogP contribution < -0.4 is 0 Å². The van der Waals surface area contributed by atoms with Crippen LogP contribution in [-0.4, -0.2) is 0 Å². The molecule has 0 amide bonds. The molecule has 1 atom stereocenters. The molecule has 0 saturated heterocycles. The van der Waals surface area contributed by atoms with Gasteiger partial charge in [0.05, 0.1) is 4.83 Å². The molecule has 1 heterocycles. The van der Waals surface area contributed by atoms with Crippen LogP contribution >= 0.6 is 93.3 Å². The topological polar surface area (TPSA) is 0 Å². The summed E-state index contributed by atoms with van der Waals surface area (Å²) in [6.45, 7) is 0. The van der Waals surface area contributed by atoms with Crippen LogP contribution in [0.3, 0.4) is 0 Å². The molecule has 0 bridgehead atoms. The summed E-state index contributed by atoms with van der Waals surface area (Å²) in [5, 5.41) is 0. The van der Waals surface area contributed by atoms with Crippen molar-refractivity contribution in [2.24, 2.45) is 0 Å². The molecule has 0 nitrogen and oxygen atoms in total. The SMILES string of the molecule is Clc1sc(C(Br)c2cc(Br)ccc2I)cc1Br. The maximum Gasteiger partial charge on any atom is 0.107 e. The molecule has 17 heavy (non-hydrogen) atoms. The fraction of sp³-hybridized carbons (Fsp3) is 0.0909. The lowest BCUT2D eigenvalue weighted by molar-refractivity contribution is 1.20. The first-order chi connectivity index (χ1) is 7.99. The first-order valence-corrected chi connectivity index (χ1v) is 9.30. The molecule has 0 radical (unpaired) electrons. The normalized spacial score (nSPS) is 12.8. The fourth-order valence-corrected chi connectivity index (χ4v) is 5.33. The van der Waals surface area contributed by atoms with Crippen LogP contribution in [0.2, 0.25) is 4.34 Å². The van der Waals surface area contributed by atoms with Gasteiger partial charge in [0.2, 0.25) is 0 Å². The Kier molecular flexibility index (Phi) is 5.41. The molecular weight excluding hydrogens is 566 g/mol. The van der Waals surface area contributed by atoms with Crippen LogP contribution in [0.5, 0.6) is 0 Å². The molecule has 0 aliphatic carbocycles. The van der Waals surface area contributed by atoms with Gasteiger partial charge in [0.15, 0.2) is 0 Å². The fourth-order valence-electron chi connectivity index (χ4n) is 1.35. The summed E-state index contributed by atoms with van der Waals surface area (Å²) in [4.78, 5) is 1.36. The van der Waals surface area contributed by atoms with Gasteiger partial charge in [-0.2, -0.15) is 0 Å². The number of halogens is 5. The molecule has 0 N–H and O–H groups in total. The third-order valence-corrected chi connectivity index (χ3v) is 7.45. The van der Waals surface area contributed by atoms with Gasteiger partial charge >= 0.3 is 0 Å². The van der Waals surface area contributed by atoms with Crippen LogP contribution in [0.1, 0.15) is 15.3 Å². The van der Waals surface area contributed by atoms with E-state index in [0.29, 0.717) is 0 Å². The first kappa shape index (κ1) is 14.8. The summed E-state index contributed by atoms with van der Waals surface area (Å²) >= 11 is 20.7. The third-order valence-electron chi connectivity index (χ3n) is 2.15. The Morgan fingerprint density at radius 1 is 1.24 bits per heavy atom. The molecule has 2 rings (SSSR count). The van der Waals surface area contributed by atoms with Crippen molar-refractivity contribution in [2.45, 2.75) is 4.83 Å². The van der Waals surface area contributed by atoms with Crippen molar-refractivity contribution in [3.05, 3.63) is 51.6 Å². The van der Waals surface area contributed by atoms with Crippen LogP contribution in [0.15, 0.2) is 33.2 Å². The number of thiophene rings is 1. The first-order valence-electron chi connectivity index (χ1n) is 4.53. The van der Waals surface area contributed by atoms with Gasteiger partial charge in [0.25, 0.3) is 0 Å². The molecule has 0 fully saturated rings. The van der Waals surface area contributed by atoms with Crippen molar-refractivity contribution in [2.75, 3.05) is 0 Å². The maximum atomic E-state index is 6.07. The molecule has 1 aromatic carbocycles. The largest absolute Gasteiger partial charge is 0.126 e. The molecule has 0 saturated carbocycles. The maximum absolute atomic E-state index is 6.07. The summed E-state index contributed by atoms with van der Waals surface area (Å²) in [5.41, 5.74) is 1.24. The molecule has 1 aromatic heterocycles. The highest BCUT2D eigenvalue weighted by Crippen LogP contribution is 2.42. The van der Waals surface area contributed by atoms with Gasteiger partial charge in [0, 0.05) is 17.4 Å². The lowest BCUT2D eigenvalue weighted by atomic mass is 10.1. The van der Waals surface area contributed by atoms with Crippen molar-refractivity contribution < 1.29 is 0 Å². The number of hydrogen-bond acceptors (Lipinski definition) is 1. The Balaban J connectivity index is 2.42. The predicted octanol–water partition coefficient (Wildman–Crippen LogP) is 7.02. The Morgan fingerprint density at radius 2 is 1.94 bits per heavy atom. The minimum absolute atomic E-state index is 0.167. The van der Waals surface area contributed by atoms with E-state index >= 15 is 0 Å². The third kappa shape index (κ3) is 3.48. The highest BCUT2D eigenvalue weighted by atomic mass is 127. The van der Waals surface area contributed by atoms with E-state index in [0.717, 1.165) is 13.3 Å². The van der Waals surface area contributed by atoms with Crippen molar-refractivity contribution in [3.8, 4) is 0 Å². The molecule has 0 spiro atoms. The predicted molar refractivity (Wildman–Crippen MR) is 94.7 cm³/mol. The van der Waals surface area contributed by atoms with Gasteiger partial charge in [-0.15, -0.1) is 11.3 Å². The zero-order valence-corrected chi connectivity index (χ0v) is 16.7. The van der Waals surface area contributed by atoms with Gasteiger partial charge in [-0.3, -0.25) is 0 Å².